The molecule has 0 spiro atoms. The number of nitrogens with two attached hydrogens (primary N) is 1. The first-order valence-electron chi connectivity index (χ1n) is 4.56. The molecule has 2 heterocycles. The van der Waals surface area contributed by atoms with E-state index in [9.17, 15) is 4.79 Å². The number of nitrogens with zero attached hydrogens (tertiary/aromatic N) is 2. The van der Waals surface area contributed by atoms with Crippen LogP contribution in [0.3, 0.4) is 0 Å². The van der Waals surface area contributed by atoms with Gasteiger partial charge in [0.1, 0.15) is 10.3 Å². The van der Waals surface area contributed by atoms with E-state index in [4.69, 9.17) is 10.5 Å². The number of morpholine rings is 1. The molecule has 0 atom stereocenters. The number of halogens is 1. The molecule has 15 heavy (non-hydrogen) atoms. The molecule has 3 N–H and O–H groups in total. The van der Waals surface area contributed by atoms with E-state index in [1.807, 2.05) is 4.90 Å². The number of ether oxygens (including phenoxy) is 1. The van der Waals surface area contributed by atoms with Crippen molar-refractivity contribution in [2.45, 2.75) is 0 Å². The molecule has 0 aliphatic carbocycles. The van der Waals surface area contributed by atoms with Gasteiger partial charge in [-0.05, 0) is 15.9 Å². The third-order valence-electron chi connectivity index (χ3n) is 2.19. The molecule has 1 aliphatic rings. The molecule has 1 aromatic heterocycles. The number of nitrogen functional groups attached to an aromatic ring is 1. The average Bonchev–Trinajstić information content (AvgIpc) is 2.24. The molecule has 6 nitrogen and oxygen atoms in total. The summed E-state index contributed by atoms with van der Waals surface area (Å²) in [5.41, 5.74) is 5.19. The van der Waals surface area contributed by atoms with Gasteiger partial charge in [-0.15, -0.1) is 0 Å². The van der Waals surface area contributed by atoms with Crippen molar-refractivity contribution < 1.29 is 4.74 Å². The fourth-order valence-electron chi connectivity index (χ4n) is 1.45. The summed E-state index contributed by atoms with van der Waals surface area (Å²) in [6, 6.07) is 0. The maximum atomic E-state index is 11.2. The standard InChI is InChI=1S/C8H11BrN4O2/c9-5-6(10)11-8(14)12-7(5)13-1-3-15-4-2-13/h1-4H2,(H3,10,11,12,14). The number of anilines is 2. The summed E-state index contributed by atoms with van der Waals surface area (Å²) < 4.78 is 5.85. The average molecular weight is 275 g/mol. The minimum absolute atomic E-state index is 0.302. The molecule has 0 unspecified atom stereocenters. The number of hydrogen-bond donors (Lipinski definition) is 2. The quantitative estimate of drug-likeness (QED) is 0.750. The molecule has 0 radical (unpaired) electrons. The van der Waals surface area contributed by atoms with Crippen molar-refractivity contribution in [2.24, 2.45) is 0 Å². The van der Waals surface area contributed by atoms with Gasteiger partial charge in [0, 0.05) is 13.1 Å². The summed E-state index contributed by atoms with van der Waals surface area (Å²) in [5, 5.41) is 0. The van der Waals surface area contributed by atoms with Gasteiger partial charge in [-0.2, -0.15) is 4.98 Å². The molecular formula is C8H11BrN4O2. The predicted molar refractivity (Wildman–Crippen MR) is 60.0 cm³/mol. The normalized spacial score (nSPS) is 16.7. The molecule has 0 saturated carbocycles. The van der Waals surface area contributed by atoms with Crippen molar-refractivity contribution in [2.75, 3.05) is 36.9 Å². The van der Waals surface area contributed by atoms with Crippen LogP contribution < -0.4 is 16.3 Å². The molecule has 7 heteroatoms. The third kappa shape index (κ3) is 2.13. The Balaban J connectivity index is 2.37. The topological polar surface area (TPSA) is 84.2 Å². The molecule has 0 aromatic carbocycles. The Kier molecular flexibility index (Phi) is 2.92. The van der Waals surface area contributed by atoms with Crippen LogP contribution in [0, 0.1) is 0 Å². The molecule has 2 rings (SSSR count). The first-order chi connectivity index (χ1) is 7.18. The first-order valence-corrected chi connectivity index (χ1v) is 5.36. The fourth-order valence-corrected chi connectivity index (χ4v) is 1.89. The van der Waals surface area contributed by atoms with Gasteiger partial charge in [0.15, 0.2) is 5.82 Å². The smallest absolute Gasteiger partial charge is 0.348 e. The lowest BCUT2D eigenvalue weighted by molar-refractivity contribution is 0.122. The van der Waals surface area contributed by atoms with Gasteiger partial charge >= 0.3 is 5.69 Å². The Labute approximate surface area is 94.6 Å². The molecule has 1 saturated heterocycles. The van der Waals surface area contributed by atoms with E-state index >= 15 is 0 Å². The van der Waals surface area contributed by atoms with Crippen LogP contribution >= 0.6 is 15.9 Å². The summed E-state index contributed by atoms with van der Waals surface area (Å²) in [7, 11) is 0. The molecule has 82 valence electrons. The van der Waals surface area contributed by atoms with Crippen LogP contribution in [0.5, 0.6) is 0 Å². The van der Waals surface area contributed by atoms with E-state index in [2.05, 4.69) is 25.9 Å². The zero-order valence-corrected chi connectivity index (χ0v) is 9.58. The summed E-state index contributed by atoms with van der Waals surface area (Å²) in [4.78, 5) is 19.5. The minimum atomic E-state index is -0.433. The number of rotatable bonds is 1. The third-order valence-corrected chi connectivity index (χ3v) is 2.97. The van der Waals surface area contributed by atoms with E-state index in [0.29, 0.717) is 42.4 Å². The molecule has 1 aromatic rings. The van der Waals surface area contributed by atoms with Gasteiger partial charge in [0.05, 0.1) is 13.2 Å². The van der Waals surface area contributed by atoms with Crippen molar-refractivity contribution in [1.29, 1.82) is 0 Å². The highest BCUT2D eigenvalue weighted by Gasteiger charge is 2.17. The molecule has 1 aliphatic heterocycles. The lowest BCUT2D eigenvalue weighted by atomic mass is 10.4. The highest BCUT2D eigenvalue weighted by molar-refractivity contribution is 9.10. The number of aromatic nitrogens is 2. The number of H-pyrrole nitrogens is 1. The number of hydrogen-bond acceptors (Lipinski definition) is 5. The van der Waals surface area contributed by atoms with Crippen molar-refractivity contribution >= 4 is 27.6 Å². The predicted octanol–water partition coefficient (Wildman–Crippen LogP) is -0.0488. The summed E-state index contributed by atoms with van der Waals surface area (Å²) in [5.74, 6) is 0.885. The lowest BCUT2D eigenvalue weighted by Gasteiger charge is -2.28. The molecule has 0 bridgehead atoms. The first kappa shape index (κ1) is 10.4. The lowest BCUT2D eigenvalue weighted by Crippen LogP contribution is -2.38. The Bertz CT molecular complexity index is 414. The summed E-state index contributed by atoms with van der Waals surface area (Å²) in [6.07, 6.45) is 0. The van der Waals surface area contributed by atoms with Crippen molar-refractivity contribution in [3.63, 3.8) is 0 Å². The van der Waals surface area contributed by atoms with Crippen molar-refractivity contribution in [1.82, 2.24) is 9.97 Å². The van der Waals surface area contributed by atoms with Crippen LogP contribution in [0.15, 0.2) is 9.27 Å². The van der Waals surface area contributed by atoms with Crippen LogP contribution in [-0.2, 0) is 4.74 Å². The van der Waals surface area contributed by atoms with E-state index in [-0.39, 0.29) is 0 Å². The molecule has 1 fully saturated rings. The van der Waals surface area contributed by atoms with Gasteiger partial charge in [0.2, 0.25) is 0 Å². The second-order valence-electron chi connectivity index (χ2n) is 3.19. The second-order valence-corrected chi connectivity index (χ2v) is 3.99. The monoisotopic (exact) mass is 274 g/mol. The molecule has 0 amide bonds. The zero-order chi connectivity index (χ0) is 10.8. The number of aromatic amines is 1. The van der Waals surface area contributed by atoms with Gasteiger partial charge in [0.25, 0.3) is 0 Å². The highest BCUT2D eigenvalue weighted by atomic mass is 79.9. The van der Waals surface area contributed by atoms with Crippen LogP contribution in [-0.4, -0.2) is 36.3 Å². The van der Waals surface area contributed by atoms with Gasteiger partial charge in [-0.3, -0.25) is 4.98 Å². The van der Waals surface area contributed by atoms with Crippen LogP contribution in [0.4, 0.5) is 11.6 Å². The van der Waals surface area contributed by atoms with E-state index in [1.54, 1.807) is 0 Å². The Hall–Kier alpha value is -1.08. The minimum Gasteiger partial charge on any atom is -0.384 e. The Morgan fingerprint density at radius 1 is 1.47 bits per heavy atom. The van der Waals surface area contributed by atoms with E-state index in [1.165, 1.54) is 0 Å². The highest BCUT2D eigenvalue weighted by Crippen LogP contribution is 2.26. The van der Waals surface area contributed by atoms with Crippen LogP contribution in [0.2, 0.25) is 0 Å². The SMILES string of the molecule is Nc1[nH]c(=O)nc(N2CCOCC2)c1Br. The Morgan fingerprint density at radius 2 is 2.13 bits per heavy atom. The van der Waals surface area contributed by atoms with E-state index < -0.39 is 5.69 Å². The van der Waals surface area contributed by atoms with Crippen LogP contribution in [0.1, 0.15) is 0 Å². The fraction of sp³-hybridized carbons (Fsp3) is 0.500. The van der Waals surface area contributed by atoms with Gasteiger partial charge < -0.3 is 15.4 Å². The van der Waals surface area contributed by atoms with E-state index in [0.717, 1.165) is 0 Å². The maximum Gasteiger partial charge on any atom is 0.348 e. The largest absolute Gasteiger partial charge is 0.384 e. The second kappa shape index (κ2) is 4.19. The van der Waals surface area contributed by atoms with Crippen molar-refractivity contribution in [3.8, 4) is 0 Å². The Morgan fingerprint density at radius 3 is 2.80 bits per heavy atom. The van der Waals surface area contributed by atoms with Crippen LogP contribution in [0.25, 0.3) is 0 Å². The molecular weight excluding hydrogens is 264 g/mol. The number of nitrogens with one attached hydrogen (secondary N) is 1. The van der Waals surface area contributed by atoms with Gasteiger partial charge in [-0.1, -0.05) is 0 Å². The van der Waals surface area contributed by atoms with Gasteiger partial charge in [-0.25, -0.2) is 4.79 Å². The summed E-state index contributed by atoms with van der Waals surface area (Å²) >= 11 is 3.31. The van der Waals surface area contributed by atoms with Crippen molar-refractivity contribution in [3.05, 3.63) is 15.0 Å². The summed E-state index contributed by atoms with van der Waals surface area (Å²) in [6.45, 7) is 2.71. The maximum absolute atomic E-state index is 11.2. The zero-order valence-electron chi connectivity index (χ0n) is 7.99.